The van der Waals surface area contributed by atoms with E-state index in [0.29, 0.717) is 68.2 Å². The Balaban J connectivity index is 0.770. The van der Waals surface area contributed by atoms with Crippen LogP contribution in [-0.4, -0.2) is 103 Å². The highest BCUT2D eigenvalue weighted by Crippen LogP contribution is 2.50. The van der Waals surface area contributed by atoms with Gasteiger partial charge in [0.05, 0.1) is 31.9 Å². The number of likely N-dealkylation sites (tertiary alicyclic amines) is 1. The van der Waals surface area contributed by atoms with Gasteiger partial charge in [0.25, 0.3) is 12.3 Å². The Morgan fingerprint density at radius 1 is 0.953 bits per heavy atom. The zero-order valence-corrected chi connectivity index (χ0v) is 36.6. The minimum absolute atomic E-state index is 0.0122. The predicted octanol–water partition coefficient (Wildman–Crippen LogP) is 6.13. The number of fused-ring (bicyclic) bond motifs is 6. The topological polar surface area (TPSA) is 138 Å². The van der Waals surface area contributed by atoms with Crippen LogP contribution in [-0.2, 0) is 52.8 Å². The molecule has 1 saturated carbocycles. The summed E-state index contributed by atoms with van der Waals surface area (Å²) in [5, 5.41) is 12.0. The maximum absolute atomic E-state index is 14.8. The van der Waals surface area contributed by atoms with E-state index in [1.165, 1.54) is 11.3 Å². The number of halogens is 2. The molecule has 16 heteroatoms. The maximum atomic E-state index is 14.8. The lowest BCUT2D eigenvalue weighted by Crippen LogP contribution is -2.52. The number of aryl methyl sites for hydroxylation is 2. The number of carbonyl (C=O) groups excluding carboxylic acids is 4. The number of alkyl halides is 2. The quantitative estimate of drug-likeness (QED) is 0.218. The largest absolute Gasteiger partial charge is 0.492 e. The van der Waals surface area contributed by atoms with Crippen molar-refractivity contribution in [3.05, 3.63) is 75.7 Å². The minimum atomic E-state index is -2.66. The van der Waals surface area contributed by atoms with E-state index in [2.05, 4.69) is 31.0 Å². The Morgan fingerprint density at radius 3 is 2.50 bits per heavy atom. The number of ether oxygens (including phenoxy) is 1. The summed E-state index contributed by atoms with van der Waals surface area (Å²) < 4.78 is 39.9. The normalized spacial score (nSPS) is 24.2. The van der Waals surface area contributed by atoms with Crippen molar-refractivity contribution in [2.24, 2.45) is 13.0 Å². The summed E-state index contributed by atoms with van der Waals surface area (Å²) in [4.78, 5) is 58.8. The summed E-state index contributed by atoms with van der Waals surface area (Å²) in [6.45, 7) is 7.27. The molecule has 7 aliphatic rings. The molecule has 0 unspecified atom stereocenters. The highest BCUT2D eigenvalue weighted by atomic mass is 19.3. The van der Waals surface area contributed by atoms with Gasteiger partial charge < -0.3 is 24.3 Å². The molecule has 2 aromatic heterocycles. The molecule has 4 aromatic rings. The van der Waals surface area contributed by atoms with E-state index in [9.17, 15) is 28.0 Å². The predicted molar refractivity (Wildman–Crippen MR) is 232 cm³/mol. The summed E-state index contributed by atoms with van der Waals surface area (Å²) in [7, 11) is 1.79. The van der Waals surface area contributed by atoms with Gasteiger partial charge in [-0.25, -0.2) is 8.78 Å². The molecule has 1 atom stereocenters. The van der Waals surface area contributed by atoms with E-state index in [1.807, 2.05) is 17.0 Å². The van der Waals surface area contributed by atoms with E-state index in [4.69, 9.17) is 9.84 Å². The number of nitrogens with one attached hydrogen (secondary N) is 1. The van der Waals surface area contributed by atoms with Crippen LogP contribution in [0.5, 0.6) is 5.75 Å². The molecule has 8 heterocycles. The number of amides is 4. The fourth-order valence-electron chi connectivity index (χ4n) is 12.1. The van der Waals surface area contributed by atoms with Crippen molar-refractivity contribution in [2.45, 2.75) is 115 Å². The smallest absolute Gasteiger partial charge is 0.264 e. The van der Waals surface area contributed by atoms with Crippen molar-refractivity contribution < 1.29 is 32.7 Å². The monoisotopic (exact) mass is 875 g/mol. The highest BCUT2D eigenvalue weighted by Gasteiger charge is 2.48. The number of anilines is 2. The minimum Gasteiger partial charge on any atom is -0.492 e. The van der Waals surface area contributed by atoms with E-state index < -0.39 is 18.4 Å². The lowest BCUT2D eigenvalue weighted by molar-refractivity contribution is -0.137. The Hall–Kier alpha value is -5.64. The van der Waals surface area contributed by atoms with Gasteiger partial charge in [-0.1, -0.05) is 6.07 Å². The lowest BCUT2D eigenvalue weighted by Gasteiger charge is -2.41. The first-order chi connectivity index (χ1) is 30.9. The zero-order valence-electron chi connectivity index (χ0n) is 36.6. The van der Waals surface area contributed by atoms with Crippen molar-refractivity contribution in [2.75, 3.05) is 44.2 Å². The number of aromatic nitrogens is 4. The SMILES string of the molecule is CC(=O)N1CCc2c(c(N3CCCc4cc(-c5cnn(C)c5)c(C(F)F)cc43)nn2C2CCC(CN3CCC4(CC3)COc3c4ccc4c3CN([C@H]3CCC(=O)NC3=O)C4=O)CC2)C1. The molecular formula is C48H55F2N9O5. The highest BCUT2D eigenvalue weighted by molar-refractivity contribution is 6.06. The number of carbonyl (C=O) groups is 4. The Bertz CT molecular complexity index is 2570. The van der Waals surface area contributed by atoms with Crippen molar-refractivity contribution in [3.63, 3.8) is 0 Å². The summed E-state index contributed by atoms with van der Waals surface area (Å²) in [5.74, 6) is 1.31. The first-order valence-electron chi connectivity index (χ1n) is 23.2. The van der Waals surface area contributed by atoms with Crippen molar-refractivity contribution in [1.82, 2.24) is 39.6 Å². The number of imide groups is 1. The van der Waals surface area contributed by atoms with Crippen LogP contribution < -0.4 is 15.0 Å². The third kappa shape index (κ3) is 6.89. The van der Waals surface area contributed by atoms with Gasteiger partial charge in [0.2, 0.25) is 17.7 Å². The molecule has 336 valence electrons. The first-order valence-corrected chi connectivity index (χ1v) is 23.2. The van der Waals surface area contributed by atoms with Gasteiger partial charge in [-0.2, -0.15) is 10.2 Å². The summed E-state index contributed by atoms with van der Waals surface area (Å²) >= 11 is 0. The van der Waals surface area contributed by atoms with Crippen LogP contribution in [0.25, 0.3) is 11.1 Å². The van der Waals surface area contributed by atoms with Crippen molar-refractivity contribution in [1.29, 1.82) is 0 Å². The van der Waals surface area contributed by atoms with Crippen LogP contribution in [0.15, 0.2) is 36.7 Å². The van der Waals surface area contributed by atoms with Gasteiger partial charge in [0.15, 0.2) is 5.82 Å². The molecule has 11 rings (SSSR count). The maximum Gasteiger partial charge on any atom is 0.264 e. The molecule has 4 amide bonds. The Labute approximate surface area is 370 Å². The van der Waals surface area contributed by atoms with E-state index in [0.717, 1.165) is 105 Å². The molecule has 0 radical (unpaired) electrons. The average Bonchev–Trinajstić information content (AvgIpc) is 4.07. The molecule has 3 fully saturated rings. The van der Waals surface area contributed by atoms with Crippen LogP contribution in [0, 0.1) is 5.92 Å². The molecular weight excluding hydrogens is 821 g/mol. The average molecular weight is 876 g/mol. The van der Waals surface area contributed by atoms with Gasteiger partial charge in [0.1, 0.15) is 11.8 Å². The van der Waals surface area contributed by atoms with Gasteiger partial charge in [-0.05, 0) is 106 Å². The lowest BCUT2D eigenvalue weighted by atomic mass is 9.73. The molecule has 0 bridgehead atoms. The fraction of sp³-hybridized carbons (Fsp3) is 0.542. The van der Waals surface area contributed by atoms with Crippen LogP contribution in [0.1, 0.15) is 121 Å². The number of benzene rings is 2. The van der Waals surface area contributed by atoms with Gasteiger partial charge in [-0.15, -0.1) is 0 Å². The van der Waals surface area contributed by atoms with Gasteiger partial charge in [0, 0.05) is 103 Å². The first kappa shape index (κ1) is 41.1. The molecule has 2 aromatic carbocycles. The number of piperidine rings is 2. The van der Waals surface area contributed by atoms with Crippen molar-refractivity contribution >= 4 is 35.1 Å². The van der Waals surface area contributed by atoms with E-state index in [-0.39, 0.29) is 41.2 Å². The van der Waals surface area contributed by atoms with Gasteiger partial charge >= 0.3 is 0 Å². The second-order valence-corrected chi connectivity index (χ2v) is 19.3. The molecule has 6 aliphatic heterocycles. The molecule has 1 aliphatic carbocycles. The standard InChI is InChI=1S/C48H55F2N9O5/c1-28(60)56-17-13-39-37(25-56)45(57-16-3-4-30-20-34(31-22-51-54(2)24-31)35(44(49)50)21-41(30)57)53-59(39)32-7-5-29(6-8-32)23-55-18-14-48(15-19-55)27-64-43-36-26-58(40-11-12-42(61)52-46(40)62)47(63)33(36)9-10-38(43)48/h9-10,20-22,24,29,32,40,44H,3-8,11-19,23,25-27H2,1-2H3,(H,52,61,62)/t29?,32?,40-/m0/s1. The molecule has 1 spiro atoms. The molecule has 14 nitrogen and oxygen atoms in total. The third-order valence-electron chi connectivity index (χ3n) is 15.6. The number of hydrogen-bond acceptors (Lipinski definition) is 9. The summed E-state index contributed by atoms with van der Waals surface area (Å²) in [5.41, 5.74) is 7.71. The zero-order chi connectivity index (χ0) is 44.0. The Morgan fingerprint density at radius 2 is 1.77 bits per heavy atom. The van der Waals surface area contributed by atoms with Gasteiger partial charge in [-0.3, -0.25) is 33.9 Å². The second-order valence-electron chi connectivity index (χ2n) is 19.3. The molecule has 1 N–H and O–H groups in total. The molecule has 2 saturated heterocycles. The van der Waals surface area contributed by atoms with E-state index in [1.54, 1.807) is 42.0 Å². The van der Waals surface area contributed by atoms with E-state index >= 15 is 0 Å². The number of rotatable bonds is 7. The summed E-state index contributed by atoms with van der Waals surface area (Å²) in [6.07, 6.45) is 9.82. The second kappa shape index (κ2) is 15.8. The molecule has 64 heavy (non-hydrogen) atoms. The fourth-order valence-corrected chi connectivity index (χ4v) is 12.1. The number of hydrogen-bond donors (Lipinski definition) is 1. The Kier molecular flexibility index (Phi) is 10.1. The van der Waals surface area contributed by atoms with Crippen LogP contribution in [0.3, 0.4) is 0 Å². The van der Waals surface area contributed by atoms with Crippen molar-refractivity contribution in [3.8, 4) is 16.9 Å². The number of nitrogens with zero attached hydrogens (tertiary/aromatic N) is 8. The summed E-state index contributed by atoms with van der Waals surface area (Å²) in [6, 6.07) is 7.15. The van der Waals surface area contributed by atoms with Crippen LogP contribution in [0.2, 0.25) is 0 Å². The van der Waals surface area contributed by atoms with Crippen LogP contribution >= 0.6 is 0 Å². The third-order valence-corrected chi connectivity index (χ3v) is 15.6. The van der Waals surface area contributed by atoms with Crippen LogP contribution in [0.4, 0.5) is 20.3 Å².